The Morgan fingerprint density at radius 1 is 1.19 bits per heavy atom. The number of aliphatic hydroxyl groups is 5. The van der Waals surface area contributed by atoms with Gasteiger partial charge in [-0.1, -0.05) is 32.9 Å². The largest absolute Gasteiger partial charge is 0.392 e. The first kappa shape index (κ1) is 18.3. The average Bonchev–Trinajstić information content (AvgIpc) is 2.97. The Hall–Kier alpha value is -1.05. The number of carbonyl (C=O) groups excluding carboxylic acids is 1. The first-order valence-electron chi connectivity index (χ1n) is 9.27. The number of aliphatic hydroxyl groups excluding tert-OH is 2. The molecule has 0 aromatic heterocycles. The summed E-state index contributed by atoms with van der Waals surface area (Å²) in [5.41, 5.74) is -4.57. The third kappa shape index (κ3) is 1.69. The quantitative estimate of drug-likeness (QED) is 0.416. The fraction of sp³-hybridized carbons (Fsp3) is 0.750. The number of rotatable bonds is 1. The minimum atomic E-state index is -1.84. The van der Waals surface area contributed by atoms with Gasteiger partial charge < -0.3 is 25.5 Å². The van der Waals surface area contributed by atoms with Gasteiger partial charge in [0.25, 0.3) is 0 Å². The summed E-state index contributed by atoms with van der Waals surface area (Å²) in [6, 6.07) is 0. The highest BCUT2D eigenvalue weighted by Crippen LogP contribution is 2.74. The normalized spacial score (nSPS) is 54.5. The lowest BCUT2D eigenvalue weighted by Crippen LogP contribution is -2.65. The molecule has 4 aliphatic rings. The van der Waals surface area contributed by atoms with E-state index in [0.717, 1.165) is 0 Å². The zero-order chi connectivity index (χ0) is 19.4. The van der Waals surface area contributed by atoms with Crippen molar-refractivity contribution in [2.75, 3.05) is 6.61 Å². The van der Waals surface area contributed by atoms with Crippen molar-refractivity contribution in [3.8, 4) is 0 Å². The van der Waals surface area contributed by atoms with Gasteiger partial charge in [0.15, 0.2) is 5.78 Å². The molecule has 4 aliphatic carbocycles. The van der Waals surface area contributed by atoms with Crippen molar-refractivity contribution in [3.05, 3.63) is 23.3 Å². The predicted molar refractivity (Wildman–Crippen MR) is 92.8 cm³/mol. The van der Waals surface area contributed by atoms with E-state index in [1.165, 1.54) is 0 Å². The highest BCUT2D eigenvalue weighted by molar-refractivity contribution is 6.04. The van der Waals surface area contributed by atoms with E-state index in [9.17, 15) is 30.3 Å². The van der Waals surface area contributed by atoms with Gasteiger partial charge in [-0.3, -0.25) is 4.79 Å². The summed E-state index contributed by atoms with van der Waals surface area (Å²) in [6.07, 6.45) is 2.08. The van der Waals surface area contributed by atoms with Gasteiger partial charge in [-0.05, 0) is 18.1 Å². The zero-order valence-corrected chi connectivity index (χ0v) is 15.6. The van der Waals surface area contributed by atoms with Crippen LogP contribution in [0.3, 0.4) is 0 Å². The molecule has 26 heavy (non-hydrogen) atoms. The van der Waals surface area contributed by atoms with E-state index in [4.69, 9.17) is 0 Å². The summed E-state index contributed by atoms with van der Waals surface area (Å²) < 4.78 is 0. The van der Waals surface area contributed by atoms with Crippen LogP contribution in [0.2, 0.25) is 0 Å². The van der Waals surface area contributed by atoms with Gasteiger partial charge >= 0.3 is 0 Å². The van der Waals surface area contributed by atoms with Crippen LogP contribution in [0.1, 0.15) is 34.1 Å². The molecule has 8 atom stereocenters. The number of hydrogen-bond acceptors (Lipinski definition) is 6. The molecule has 0 unspecified atom stereocenters. The van der Waals surface area contributed by atoms with Crippen LogP contribution < -0.4 is 0 Å². The van der Waals surface area contributed by atoms with Crippen molar-refractivity contribution in [1.29, 1.82) is 0 Å². The van der Waals surface area contributed by atoms with Crippen molar-refractivity contribution in [2.24, 2.45) is 29.1 Å². The van der Waals surface area contributed by atoms with Crippen molar-refractivity contribution in [3.63, 3.8) is 0 Å². The number of hydrogen-bond donors (Lipinski definition) is 5. The summed E-state index contributed by atoms with van der Waals surface area (Å²) in [6.45, 7) is 6.63. The summed E-state index contributed by atoms with van der Waals surface area (Å²) in [5.74, 6) is -3.14. The number of Topliss-reactive ketones (excluding diaryl/α,β-unsaturated/α-hetero) is 1. The molecule has 0 aromatic rings. The van der Waals surface area contributed by atoms with E-state index >= 15 is 0 Å². The van der Waals surface area contributed by atoms with Gasteiger partial charge in [-0.25, -0.2) is 0 Å². The van der Waals surface area contributed by atoms with Crippen LogP contribution in [0.25, 0.3) is 0 Å². The number of carbonyl (C=O) groups is 1. The van der Waals surface area contributed by atoms with Crippen molar-refractivity contribution in [2.45, 2.75) is 57.0 Å². The lowest BCUT2D eigenvalue weighted by molar-refractivity contribution is -0.209. The fourth-order valence-electron chi connectivity index (χ4n) is 6.45. The Bertz CT molecular complexity index is 753. The molecule has 2 fully saturated rings. The van der Waals surface area contributed by atoms with Gasteiger partial charge in [0.05, 0.1) is 18.3 Å². The van der Waals surface area contributed by atoms with E-state index < -0.39 is 57.8 Å². The first-order chi connectivity index (χ1) is 11.9. The summed E-state index contributed by atoms with van der Waals surface area (Å²) in [5, 5.41) is 54.9. The molecule has 0 spiro atoms. The van der Waals surface area contributed by atoms with Gasteiger partial charge in [-0.2, -0.15) is 0 Å². The molecule has 0 saturated heterocycles. The highest BCUT2D eigenvalue weighted by Gasteiger charge is 2.84. The maximum atomic E-state index is 12.7. The van der Waals surface area contributed by atoms with Crippen molar-refractivity contribution in [1.82, 2.24) is 0 Å². The molecule has 0 bridgehead atoms. The minimum Gasteiger partial charge on any atom is -0.392 e. The Labute approximate surface area is 152 Å². The van der Waals surface area contributed by atoms with Crippen LogP contribution >= 0.6 is 0 Å². The lowest BCUT2D eigenvalue weighted by atomic mass is 9.59. The predicted octanol–water partition coefficient (Wildman–Crippen LogP) is -0.0699. The summed E-state index contributed by atoms with van der Waals surface area (Å²) in [7, 11) is 0. The monoisotopic (exact) mass is 364 g/mol. The van der Waals surface area contributed by atoms with Crippen LogP contribution in [0.4, 0.5) is 0 Å². The molecule has 0 radical (unpaired) electrons. The maximum Gasteiger partial charge on any atom is 0.190 e. The van der Waals surface area contributed by atoms with E-state index in [2.05, 4.69) is 0 Å². The van der Waals surface area contributed by atoms with E-state index in [0.29, 0.717) is 11.1 Å². The third-order valence-corrected chi connectivity index (χ3v) is 8.04. The zero-order valence-electron chi connectivity index (χ0n) is 15.6. The highest BCUT2D eigenvalue weighted by atomic mass is 16.4. The Morgan fingerprint density at radius 2 is 1.81 bits per heavy atom. The smallest absolute Gasteiger partial charge is 0.190 e. The van der Waals surface area contributed by atoms with E-state index in [1.807, 2.05) is 13.8 Å². The molecule has 0 aromatic carbocycles. The second kappa shape index (κ2) is 4.86. The fourth-order valence-corrected chi connectivity index (χ4v) is 6.45. The van der Waals surface area contributed by atoms with Gasteiger partial charge in [0, 0.05) is 35.5 Å². The van der Waals surface area contributed by atoms with Gasteiger partial charge in [0.2, 0.25) is 0 Å². The van der Waals surface area contributed by atoms with Crippen molar-refractivity contribution < 1.29 is 30.3 Å². The third-order valence-electron chi connectivity index (χ3n) is 8.04. The number of ketones is 1. The molecule has 144 valence electrons. The molecule has 4 rings (SSSR count). The van der Waals surface area contributed by atoms with Crippen molar-refractivity contribution >= 4 is 5.78 Å². The molecule has 0 amide bonds. The minimum absolute atomic E-state index is 0.0615. The first-order valence-corrected chi connectivity index (χ1v) is 9.27. The Morgan fingerprint density at radius 3 is 2.38 bits per heavy atom. The molecule has 6 heteroatoms. The van der Waals surface area contributed by atoms with Crippen LogP contribution in [-0.2, 0) is 4.79 Å². The maximum absolute atomic E-state index is 12.7. The van der Waals surface area contributed by atoms with Gasteiger partial charge in [-0.15, -0.1) is 0 Å². The van der Waals surface area contributed by atoms with Crippen LogP contribution in [-0.4, -0.2) is 60.8 Å². The molecule has 5 N–H and O–H groups in total. The Kier molecular flexibility index (Phi) is 3.42. The van der Waals surface area contributed by atoms with E-state index in [-0.39, 0.29) is 13.0 Å². The number of fused-ring (bicyclic) bond motifs is 5. The van der Waals surface area contributed by atoms with Crippen LogP contribution in [0, 0.1) is 29.1 Å². The summed E-state index contributed by atoms with van der Waals surface area (Å²) in [4.78, 5) is 12.7. The van der Waals surface area contributed by atoms with E-state index in [1.54, 1.807) is 26.0 Å². The summed E-state index contributed by atoms with van der Waals surface area (Å²) >= 11 is 0. The molecular formula is C20H28O6. The SMILES string of the molecule is CC1=C[C@@H]2[C@@]3(O)[C@H](C)[C@@H](O)[C@]4(O)[C@H]([C@@H]3C=C(CO)C[C@]2(O)C1=O)C4(C)C. The lowest BCUT2D eigenvalue weighted by Gasteiger charge is -2.51. The second-order valence-electron chi connectivity index (χ2n) is 9.41. The topological polar surface area (TPSA) is 118 Å². The average molecular weight is 364 g/mol. The van der Waals surface area contributed by atoms with Gasteiger partial charge in [0.1, 0.15) is 11.2 Å². The Balaban J connectivity index is 1.96. The standard InChI is InChI=1S/C20H28O6/c1-9-5-13-18(24,15(9)22)7-11(8-21)6-12-14-17(3,4)20(14,26)16(23)10(2)19(12,13)25/h5-6,10,12-14,16,21,23-26H,7-8H2,1-4H3/t10-,12+,13+,14-,16-,18-,19-,20-/m1/s1. The molecule has 6 nitrogen and oxygen atoms in total. The molecule has 0 aliphatic heterocycles. The molecule has 2 saturated carbocycles. The van der Waals surface area contributed by atoms with Crippen LogP contribution in [0.15, 0.2) is 23.3 Å². The second-order valence-corrected chi connectivity index (χ2v) is 9.41. The molecular weight excluding hydrogens is 336 g/mol. The molecule has 0 heterocycles. The van der Waals surface area contributed by atoms with Crippen LogP contribution in [0.5, 0.6) is 0 Å².